The third kappa shape index (κ3) is 4.64. The molecule has 0 aromatic carbocycles. The molecule has 0 fully saturated rings. The van der Waals surface area contributed by atoms with Gasteiger partial charge in [0.2, 0.25) is 11.2 Å². The van der Waals surface area contributed by atoms with Gasteiger partial charge in [-0.25, -0.2) is 0 Å². The van der Waals surface area contributed by atoms with Crippen molar-refractivity contribution in [1.29, 1.82) is 0 Å². The first kappa shape index (κ1) is 15.0. The third-order valence-corrected chi connectivity index (χ3v) is 2.66. The zero-order chi connectivity index (χ0) is 13.7. The largest absolute Gasteiger partial charge is 0.461 e. The first-order chi connectivity index (χ1) is 8.42. The zero-order valence-electron chi connectivity index (χ0n) is 11.6. The maximum atomic E-state index is 5.86. The first-order valence-corrected chi connectivity index (χ1v) is 6.65. The molecule has 1 N–H and O–H groups in total. The van der Waals surface area contributed by atoms with Crippen LogP contribution in [0.1, 0.15) is 41.0 Å². The molecule has 18 heavy (non-hydrogen) atoms. The Kier molecular flexibility index (Phi) is 5.59. The van der Waals surface area contributed by atoms with Gasteiger partial charge in [-0.2, -0.15) is 15.0 Å². The van der Waals surface area contributed by atoms with Crippen molar-refractivity contribution in [2.45, 2.75) is 53.2 Å². The Bertz CT molecular complexity index is 384. The van der Waals surface area contributed by atoms with Crippen LogP contribution in [-0.4, -0.2) is 27.1 Å². The summed E-state index contributed by atoms with van der Waals surface area (Å²) in [5.74, 6) is 0.950. The van der Waals surface area contributed by atoms with E-state index >= 15 is 0 Å². The highest BCUT2D eigenvalue weighted by Gasteiger charge is 2.14. The van der Waals surface area contributed by atoms with Crippen LogP contribution in [0.4, 0.5) is 5.95 Å². The molecule has 1 rings (SSSR count). The molecular formula is C12H21ClN4O. The van der Waals surface area contributed by atoms with Crippen molar-refractivity contribution in [1.82, 2.24) is 15.0 Å². The van der Waals surface area contributed by atoms with Gasteiger partial charge in [-0.05, 0) is 37.8 Å². The SMILES string of the molecule is CCC(Nc1nc(Cl)nc(OC(C)C)n1)C(C)C. The maximum absolute atomic E-state index is 5.86. The second-order valence-corrected chi connectivity index (χ2v) is 5.12. The van der Waals surface area contributed by atoms with E-state index in [2.05, 4.69) is 41.0 Å². The van der Waals surface area contributed by atoms with Crippen molar-refractivity contribution in [3.05, 3.63) is 5.28 Å². The van der Waals surface area contributed by atoms with E-state index in [0.717, 1.165) is 6.42 Å². The van der Waals surface area contributed by atoms with E-state index in [4.69, 9.17) is 16.3 Å². The van der Waals surface area contributed by atoms with Gasteiger partial charge in [-0.1, -0.05) is 20.8 Å². The molecule has 0 bridgehead atoms. The molecule has 5 nitrogen and oxygen atoms in total. The lowest BCUT2D eigenvalue weighted by Gasteiger charge is -2.20. The molecule has 1 unspecified atom stereocenters. The van der Waals surface area contributed by atoms with E-state index in [1.807, 2.05) is 13.8 Å². The van der Waals surface area contributed by atoms with Crippen LogP contribution in [-0.2, 0) is 0 Å². The molecule has 1 heterocycles. The fourth-order valence-corrected chi connectivity index (χ4v) is 1.72. The van der Waals surface area contributed by atoms with Crippen molar-refractivity contribution < 1.29 is 4.74 Å². The first-order valence-electron chi connectivity index (χ1n) is 6.27. The summed E-state index contributed by atoms with van der Waals surface area (Å²) in [6, 6.07) is 0.557. The number of ether oxygens (including phenoxy) is 1. The molecule has 0 spiro atoms. The molecule has 0 aliphatic rings. The van der Waals surface area contributed by atoms with Crippen LogP contribution in [0, 0.1) is 5.92 Å². The lowest BCUT2D eigenvalue weighted by Crippen LogP contribution is -2.26. The normalized spacial score (nSPS) is 12.9. The second kappa shape index (κ2) is 6.73. The third-order valence-electron chi connectivity index (χ3n) is 2.49. The maximum Gasteiger partial charge on any atom is 0.322 e. The van der Waals surface area contributed by atoms with Crippen molar-refractivity contribution in [2.24, 2.45) is 5.92 Å². The number of aromatic nitrogens is 3. The van der Waals surface area contributed by atoms with Gasteiger partial charge in [0.25, 0.3) is 0 Å². The Morgan fingerprint density at radius 3 is 2.33 bits per heavy atom. The average Bonchev–Trinajstić information content (AvgIpc) is 2.23. The van der Waals surface area contributed by atoms with E-state index in [0.29, 0.717) is 17.9 Å². The van der Waals surface area contributed by atoms with E-state index in [1.165, 1.54) is 0 Å². The molecule has 0 amide bonds. The summed E-state index contributed by atoms with van der Waals surface area (Å²) in [5, 5.41) is 3.40. The zero-order valence-corrected chi connectivity index (χ0v) is 12.3. The van der Waals surface area contributed by atoms with Crippen LogP contribution in [0.3, 0.4) is 0 Å². The molecule has 0 aliphatic carbocycles. The molecule has 6 heteroatoms. The quantitative estimate of drug-likeness (QED) is 0.862. The monoisotopic (exact) mass is 272 g/mol. The minimum atomic E-state index is 0.00314. The van der Waals surface area contributed by atoms with Crippen molar-refractivity contribution in [3.63, 3.8) is 0 Å². The molecule has 1 aromatic rings. The summed E-state index contributed by atoms with van der Waals surface area (Å²) >= 11 is 5.86. The summed E-state index contributed by atoms with van der Waals surface area (Å²) in [7, 11) is 0. The number of nitrogens with zero attached hydrogens (tertiary/aromatic N) is 3. The standard InChI is InChI=1S/C12H21ClN4O/c1-6-9(7(2)3)14-11-15-10(13)16-12(17-11)18-8(4)5/h7-9H,6H2,1-5H3,(H,14,15,16,17). The highest BCUT2D eigenvalue weighted by Crippen LogP contribution is 2.16. The fraction of sp³-hybridized carbons (Fsp3) is 0.750. The van der Waals surface area contributed by atoms with Gasteiger partial charge >= 0.3 is 6.01 Å². The average molecular weight is 273 g/mol. The number of hydrogen-bond donors (Lipinski definition) is 1. The van der Waals surface area contributed by atoms with E-state index in [1.54, 1.807) is 0 Å². The molecular weight excluding hydrogens is 252 g/mol. The summed E-state index contributed by atoms with van der Waals surface area (Å²) in [4.78, 5) is 12.2. The van der Waals surface area contributed by atoms with Crippen LogP contribution in [0.15, 0.2) is 0 Å². The van der Waals surface area contributed by atoms with Gasteiger partial charge in [0.1, 0.15) is 0 Å². The summed E-state index contributed by atoms with van der Waals surface area (Å²) in [6.45, 7) is 10.2. The van der Waals surface area contributed by atoms with Gasteiger partial charge in [-0.15, -0.1) is 0 Å². The van der Waals surface area contributed by atoms with Crippen LogP contribution >= 0.6 is 11.6 Å². The number of anilines is 1. The highest BCUT2D eigenvalue weighted by atomic mass is 35.5. The van der Waals surface area contributed by atoms with Crippen molar-refractivity contribution in [3.8, 4) is 6.01 Å². The summed E-state index contributed by atoms with van der Waals surface area (Å²) < 4.78 is 5.42. The molecule has 1 aromatic heterocycles. The Morgan fingerprint density at radius 2 is 1.83 bits per heavy atom. The minimum absolute atomic E-state index is 0.00314. The molecule has 102 valence electrons. The predicted octanol–water partition coefficient (Wildman–Crippen LogP) is 3.16. The van der Waals surface area contributed by atoms with E-state index in [-0.39, 0.29) is 17.4 Å². The minimum Gasteiger partial charge on any atom is -0.461 e. The number of nitrogens with one attached hydrogen (secondary N) is 1. The Labute approximate surface area is 113 Å². The van der Waals surface area contributed by atoms with Gasteiger partial charge < -0.3 is 10.1 Å². The highest BCUT2D eigenvalue weighted by molar-refractivity contribution is 6.28. The van der Waals surface area contributed by atoms with Crippen LogP contribution in [0.2, 0.25) is 5.28 Å². The van der Waals surface area contributed by atoms with E-state index in [9.17, 15) is 0 Å². The van der Waals surface area contributed by atoms with Crippen molar-refractivity contribution in [2.75, 3.05) is 5.32 Å². The van der Waals surface area contributed by atoms with Gasteiger partial charge in [-0.3, -0.25) is 0 Å². The van der Waals surface area contributed by atoms with Crippen LogP contribution in [0.5, 0.6) is 6.01 Å². The van der Waals surface area contributed by atoms with Crippen LogP contribution in [0.25, 0.3) is 0 Å². The van der Waals surface area contributed by atoms with Gasteiger partial charge in [0, 0.05) is 6.04 Å². The fourth-order valence-electron chi connectivity index (χ4n) is 1.57. The topological polar surface area (TPSA) is 59.9 Å². The number of halogens is 1. The Morgan fingerprint density at radius 1 is 1.17 bits per heavy atom. The molecule has 0 radical (unpaired) electrons. The smallest absolute Gasteiger partial charge is 0.322 e. The molecule has 0 saturated carbocycles. The van der Waals surface area contributed by atoms with Gasteiger partial charge in [0.15, 0.2) is 0 Å². The number of rotatable bonds is 6. The predicted molar refractivity (Wildman–Crippen MR) is 73.1 cm³/mol. The summed E-state index contributed by atoms with van der Waals surface area (Å²) in [5.41, 5.74) is 0. The van der Waals surface area contributed by atoms with E-state index < -0.39 is 0 Å². The lowest BCUT2D eigenvalue weighted by atomic mass is 10.0. The van der Waals surface area contributed by atoms with Gasteiger partial charge in [0.05, 0.1) is 6.10 Å². The molecule has 0 saturated heterocycles. The van der Waals surface area contributed by atoms with Crippen molar-refractivity contribution >= 4 is 17.5 Å². The second-order valence-electron chi connectivity index (χ2n) is 4.78. The Balaban J connectivity index is 2.85. The summed E-state index contributed by atoms with van der Waals surface area (Å²) in [6.07, 6.45) is 0.991. The Hall–Kier alpha value is -1.10. The van der Waals surface area contributed by atoms with Crippen LogP contribution < -0.4 is 10.1 Å². The number of hydrogen-bond acceptors (Lipinski definition) is 5. The lowest BCUT2D eigenvalue weighted by molar-refractivity contribution is 0.221. The molecule has 1 atom stereocenters. The molecule has 0 aliphatic heterocycles.